The largest absolute Gasteiger partial charge is 0.405 e. The van der Waals surface area contributed by atoms with Gasteiger partial charge in [0.25, 0.3) is 0 Å². The van der Waals surface area contributed by atoms with Crippen molar-refractivity contribution in [1.29, 1.82) is 0 Å². The summed E-state index contributed by atoms with van der Waals surface area (Å²) in [7, 11) is 0. The van der Waals surface area contributed by atoms with Crippen LogP contribution in [0.5, 0.6) is 0 Å². The van der Waals surface area contributed by atoms with Gasteiger partial charge in [-0.2, -0.15) is 13.2 Å². The molecule has 4 nitrogen and oxygen atoms in total. The van der Waals surface area contributed by atoms with Crippen LogP contribution in [0.2, 0.25) is 5.15 Å². The zero-order chi connectivity index (χ0) is 12.6. The first-order chi connectivity index (χ1) is 7.88. The van der Waals surface area contributed by atoms with Gasteiger partial charge >= 0.3 is 6.18 Å². The molecule has 0 aliphatic heterocycles. The molecule has 2 N–H and O–H groups in total. The summed E-state index contributed by atoms with van der Waals surface area (Å²) in [5.41, 5.74) is 5.59. The van der Waals surface area contributed by atoms with E-state index in [1.165, 1.54) is 0 Å². The lowest BCUT2D eigenvalue weighted by atomic mass is 10.4. The summed E-state index contributed by atoms with van der Waals surface area (Å²) in [6, 6.07) is -0.162. The van der Waals surface area contributed by atoms with Gasteiger partial charge in [0.05, 0.1) is 0 Å². The van der Waals surface area contributed by atoms with E-state index in [9.17, 15) is 13.2 Å². The molecule has 1 aromatic rings. The van der Waals surface area contributed by atoms with Crippen LogP contribution >= 0.6 is 11.6 Å². The standard InChI is InChI=1S/C9H10ClF3N4/c10-7-6(14)8(16-4-15-7)17(5-1-2-5)3-9(11,12)13/h4-5H,1-3,14H2. The molecule has 0 saturated heterocycles. The number of alkyl halides is 3. The molecule has 1 aliphatic rings. The third kappa shape index (κ3) is 2.91. The third-order valence-corrected chi connectivity index (χ3v) is 2.72. The van der Waals surface area contributed by atoms with Crippen molar-refractivity contribution in [3.05, 3.63) is 11.5 Å². The fourth-order valence-corrected chi connectivity index (χ4v) is 1.68. The second-order valence-corrected chi connectivity index (χ2v) is 4.23. The Morgan fingerprint density at radius 1 is 1.41 bits per heavy atom. The van der Waals surface area contributed by atoms with Crippen LogP contribution in [-0.2, 0) is 0 Å². The van der Waals surface area contributed by atoms with Crippen LogP contribution in [0.3, 0.4) is 0 Å². The number of nitrogens with two attached hydrogens (primary N) is 1. The Morgan fingerprint density at radius 2 is 2.06 bits per heavy atom. The molecule has 17 heavy (non-hydrogen) atoms. The Balaban J connectivity index is 2.29. The van der Waals surface area contributed by atoms with Crippen molar-refractivity contribution in [1.82, 2.24) is 9.97 Å². The summed E-state index contributed by atoms with van der Waals surface area (Å²) in [5.74, 6) is 0.0600. The monoisotopic (exact) mass is 266 g/mol. The molecular weight excluding hydrogens is 257 g/mol. The smallest absolute Gasteiger partial charge is 0.393 e. The Morgan fingerprint density at radius 3 is 2.59 bits per heavy atom. The summed E-state index contributed by atoms with van der Waals surface area (Å²) in [6.45, 7) is -1.07. The van der Waals surface area contributed by atoms with Gasteiger partial charge in [-0.1, -0.05) is 11.6 Å². The van der Waals surface area contributed by atoms with Gasteiger partial charge in [-0.05, 0) is 12.8 Å². The number of halogens is 4. The lowest BCUT2D eigenvalue weighted by Crippen LogP contribution is -2.37. The molecule has 0 atom stereocenters. The highest BCUT2D eigenvalue weighted by molar-refractivity contribution is 6.32. The van der Waals surface area contributed by atoms with Crippen molar-refractivity contribution in [3.8, 4) is 0 Å². The fraction of sp³-hybridized carbons (Fsp3) is 0.556. The van der Waals surface area contributed by atoms with E-state index >= 15 is 0 Å². The first-order valence-electron chi connectivity index (χ1n) is 4.98. The minimum atomic E-state index is -4.30. The van der Waals surface area contributed by atoms with Crippen LogP contribution in [0.4, 0.5) is 24.7 Å². The molecule has 0 spiro atoms. The van der Waals surface area contributed by atoms with Crippen molar-refractivity contribution in [3.63, 3.8) is 0 Å². The molecule has 0 amide bonds. The van der Waals surface area contributed by atoms with Gasteiger partial charge in [0.1, 0.15) is 18.6 Å². The maximum absolute atomic E-state index is 12.5. The van der Waals surface area contributed by atoms with E-state index in [0.29, 0.717) is 12.8 Å². The van der Waals surface area contributed by atoms with E-state index in [1.807, 2.05) is 0 Å². The highest BCUT2D eigenvalue weighted by Crippen LogP contribution is 2.37. The molecule has 0 unspecified atom stereocenters. The molecule has 0 bridgehead atoms. The number of nitrogen functional groups attached to an aromatic ring is 1. The maximum Gasteiger partial charge on any atom is 0.405 e. The van der Waals surface area contributed by atoms with E-state index in [2.05, 4.69) is 9.97 Å². The minimum absolute atomic E-state index is 0.00897. The van der Waals surface area contributed by atoms with Gasteiger partial charge in [-0.25, -0.2) is 9.97 Å². The lowest BCUT2D eigenvalue weighted by molar-refractivity contribution is -0.120. The average molecular weight is 267 g/mol. The van der Waals surface area contributed by atoms with Crippen molar-refractivity contribution >= 4 is 23.1 Å². The predicted molar refractivity (Wildman–Crippen MR) is 57.9 cm³/mol. The van der Waals surface area contributed by atoms with E-state index in [0.717, 1.165) is 11.2 Å². The van der Waals surface area contributed by atoms with Gasteiger partial charge in [0.15, 0.2) is 11.0 Å². The molecule has 1 heterocycles. The van der Waals surface area contributed by atoms with Gasteiger partial charge in [0, 0.05) is 6.04 Å². The Kier molecular flexibility index (Phi) is 3.03. The molecule has 1 aromatic heterocycles. The van der Waals surface area contributed by atoms with Crippen molar-refractivity contribution in [2.24, 2.45) is 0 Å². The molecule has 8 heteroatoms. The zero-order valence-corrected chi connectivity index (χ0v) is 9.46. The SMILES string of the molecule is Nc1c(Cl)ncnc1N(CC(F)(F)F)C1CC1. The first kappa shape index (κ1) is 12.2. The minimum Gasteiger partial charge on any atom is -0.393 e. The zero-order valence-electron chi connectivity index (χ0n) is 8.71. The lowest BCUT2D eigenvalue weighted by Gasteiger charge is -2.25. The van der Waals surface area contributed by atoms with E-state index in [-0.39, 0.29) is 22.7 Å². The molecule has 1 saturated carbocycles. The third-order valence-electron chi connectivity index (χ3n) is 2.42. The number of hydrogen-bond acceptors (Lipinski definition) is 4. The summed E-state index contributed by atoms with van der Waals surface area (Å²) in [4.78, 5) is 8.55. The maximum atomic E-state index is 12.5. The number of anilines is 2. The van der Waals surface area contributed by atoms with Crippen molar-refractivity contribution in [2.45, 2.75) is 25.1 Å². The number of nitrogens with zero attached hydrogens (tertiary/aromatic N) is 3. The molecule has 0 aromatic carbocycles. The molecule has 1 fully saturated rings. The highest BCUT2D eigenvalue weighted by Gasteiger charge is 2.39. The molecular formula is C9H10ClF3N4. The van der Waals surface area contributed by atoms with Crippen LogP contribution in [-0.4, -0.2) is 28.7 Å². The van der Waals surface area contributed by atoms with Crippen molar-refractivity contribution < 1.29 is 13.2 Å². The molecule has 94 valence electrons. The summed E-state index contributed by atoms with van der Waals surface area (Å²) in [5, 5.41) is -0.0252. The summed E-state index contributed by atoms with van der Waals surface area (Å²) >= 11 is 5.67. The van der Waals surface area contributed by atoms with Crippen LogP contribution in [0.1, 0.15) is 12.8 Å². The van der Waals surface area contributed by atoms with E-state index in [4.69, 9.17) is 17.3 Å². The normalized spacial score (nSPS) is 16.0. The van der Waals surface area contributed by atoms with Gasteiger partial charge in [-0.3, -0.25) is 0 Å². The second-order valence-electron chi connectivity index (χ2n) is 3.88. The number of aromatic nitrogens is 2. The fourth-order valence-electron chi connectivity index (χ4n) is 1.55. The Bertz CT molecular complexity index is 419. The van der Waals surface area contributed by atoms with E-state index in [1.54, 1.807) is 0 Å². The topological polar surface area (TPSA) is 55.0 Å². The van der Waals surface area contributed by atoms with Gasteiger partial charge < -0.3 is 10.6 Å². The Labute approximate surface area is 101 Å². The number of rotatable bonds is 3. The first-order valence-corrected chi connectivity index (χ1v) is 5.35. The molecule has 1 aliphatic carbocycles. The predicted octanol–water partition coefficient (Wildman–Crippen LogP) is 2.24. The van der Waals surface area contributed by atoms with Crippen LogP contribution in [0.25, 0.3) is 0 Å². The molecule has 2 rings (SSSR count). The van der Waals surface area contributed by atoms with Gasteiger partial charge in [-0.15, -0.1) is 0 Å². The van der Waals surface area contributed by atoms with Crippen molar-refractivity contribution in [2.75, 3.05) is 17.2 Å². The van der Waals surface area contributed by atoms with E-state index < -0.39 is 12.7 Å². The molecule has 0 radical (unpaired) electrons. The summed E-state index contributed by atoms with van der Waals surface area (Å²) in [6.07, 6.45) is -1.78. The second kappa shape index (κ2) is 4.21. The van der Waals surface area contributed by atoms with Crippen LogP contribution in [0.15, 0.2) is 6.33 Å². The van der Waals surface area contributed by atoms with Crippen LogP contribution in [0, 0.1) is 0 Å². The average Bonchev–Trinajstić information content (AvgIpc) is 3.01. The quantitative estimate of drug-likeness (QED) is 0.853. The van der Waals surface area contributed by atoms with Gasteiger partial charge in [0.2, 0.25) is 0 Å². The highest BCUT2D eigenvalue weighted by atomic mass is 35.5. The van der Waals surface area contributed by atoms with Crippen LogP contribution < -0.4 is 10.6 Å². The Hall–Kier alpha value is -1.24. The number of hydrogen-bond donors (Lipinski definition) is 1. The summed E-state index contributed by atoms with van der Waals surface area (Å²) < 4.78 is 37.4.